The largest absolute Gasteiger partial charge is 0.350 e. The van der Waals surface area contributed by atoms with Crippen molar-refractivity contribution in [1.29, 1.82) is 0 Å². The number of hydrogen-bond donors (Lipinski definition) is 2. The Balaban J connectivity index is 2.52. The summed E-state index contributed by atoms with van der Waals surface area (Å²) < 4.78 is 13.6. The first kappa shape index (κ1) is 16.6. The van der Waals surface area contributed by atoms with Crippen molar-refractivity contribution in [3.63, 3.8) is 0 Å². The lowest BCUT2D eigenvalue weighted by atomic mass is 10.1. The molecule has 112 valence electrons. The normalized spacial score (nSPS) is 14.7. The summed E-state index contributed by atoms with van der Waals surface area (Å²) >= 11 is 0. The summed E-state index contributed by atoms with van der Waals surface area (Å²) in [6, 6.07) is 6.44. The van der Waals surface area contributed by atoms with Crippen LogP contribution < -0.4 is 10.6 Å². The average molecular weight is 280 g/mol. The number of rotatable bonds is 5. The molecule has 0 spiro atoms. The molecular formula is C16H25FN2O. The molecule has 0 heterocycles. The number of carbonyl (C=O) groups is 1. The van der Waals surface area contributed by atoms with Gasteiger partial charge in [-0.3, -0.25) is 4.79 Å². The molecule has 1 amide bonds. The molecule has 0 aromatic heterocycles. The van der Waals surface area contributed by atoms with Crippen LogP contribution in [0.5, 0.6) is 0 Å². The number of carbonyl (C=O) groups excluding carboxylic acids is 1. The van der Waals surface area contributed by atoms with Crippen LogP contribution in [0.4, 0.5) is 4.39 Å². The van der Waals surface area contributed by atoms with Gasteiger partial charge in [-0.15, -0.1) is 0 Å². The lowest BCUT2D eigenvalue weighted by molar-refractivity contribution is -0.124. The lowest BCUT2D eigenvalue weighted by Gasteiger charge is -2.25. The van der Waals surface area contributed by atoms with E-state index in [4.69, 9.17) is 0 Å². The van der Waals surface area contributed by atoms with Gasteiger partial charge in [0.1, 0.15) is 5.82 Å². The number of benzene rings is 1. The van der Waals surface area contributed by atoms with Gasteiger partial charge in [0.25, 0.3) is 0 Å². The zero-order chi connectivity index (χ0) is 15.3. The molecule has 3 nitrogen and oxygen atoms in total. The van der Waals surface area contributed by atoms with E-state index in [1.54, 1.807) is 12.1 Å². The fourth-order valence-electron chi connectivity index (χ4n) is 2.03. The molecule has 20 heavy (non-hydrogen) atoms. The van der Waals surface area contributed by atoms with Gasteiger partial charge in [-0.05, 0) is 52.7 Å². The Hall–Kier alpha value is -1.42. The molecule has 0 fully saturated rings. The summed E-state index contributed by atoms with van der Waals surface area (Å²) in [6.07, 6.45) is 0.555. The first-order valence-electron chi connectivity index (χ1n) is 7.00. The Morgan fingerprint density at radius 2 is 1.85 bits per heavy atom. The van der Waals surface area contributed by atoms with Crippen molar-refractivity contribution in [1.82, 2.24) is 10.6 Å². The van der Waals surface area contributed by atoms with Crippen LogP contribution in [0.3, 0.4) is 0 Å². The van der Waals surface area contributed by atoms with Crippen LogP contribution in [0.1, 0.15) is 40.2 Å². The maximum Gasteiger partial charge on any atom is 0.237 e. The monoisotopic (exact) mass is 280 g/mol. The van der Waals surface area contributed by atoms with E-state index in [0.29, 0.717) is 12.0 Å². The molecule has 0 aliphatic heterocycles. The van der Waals surface area contributed by atoms with Crippen molar-refractivity contribution < 1.29 is 9.18 Å². The maximum atomic E-state index is 13.6. The fraction of sp³-hybridized carbons (Fsp3) is 0.562. The number of amides is 1. The van der Waals surface area contributed by atoms with Crippen LogP contribution in [-0.4, -0.2) is 23.5 Å². The Labute approximate surface area is 121 Å². The van der Waals surface area contributed by atoms with Gasteiger partial charge in [-0.1, -0.05) is 18.2 Å². The minimum atomic E-state index is -0.309. The molecule has 0 saturated heterocycles. The topological polar surface area (TPSA) is 41.1 Å². The molecule has 0 saturated carbocycles. The first-order valence-corrected chi connectivity index (χ1v) is 7.00. The minimum absolute atomic E-state index is 0.0209. The third-order valence-electron chi connectivity index (χ3n) is 2.91. The molecule has 1 rings (SSSR count). The quantitative estimate of drug-likeness (QED) is 0.870. The Morgan fingerprint density at radius 1 is 1.25 bits per heavy atom. The summed E-state index contributed by atoms with van der Waals surface area (Å²) in [6.45, 7) is 9.60. The van der Waals surface area contributed by atoms with Gasteiger partial charge in [0.15, 0.2) is 0 Å². The molecule has 0 bridgehead atoms. The van der Waals surface area contributed by atoms with Crippen LogP contribution in [0.25, 0.3) is 0 Å². The summed E-state index contributed by atoms with van der Waals surface area (Å²) in [5.41, 5.74) is 0.415. The van der Waals surface area contributed by atoms with E-state index in [1.165, 1.54) is 6.07 Å². The summed E-state index contributed by atoms with van der Waals surface area (Å²) in [7, 11) is 0. The number of nitrogens with one attached hydrogen (secondary N) is 2. The molecule has 4 heteroatoms. The van der Waals surface area contributed by atoms with E-state index in [2.05, 4.69) is 10.6 Å². The van der Waals surface area contributed by atoms with Crippen molar-refractivity contribution in [2.45, 2.75) is 58.7 Å². The van der Waals surface area contributed by atoms with Crippen molar-refractivity contribution in [2.75, 3.05) is 0 Å². The van der Waals surface area contributed by atoms with E-state index in [1.807, 2.05) is 40.7 Å². The molecule has 2 unspecified atom stereocenters. The van der Waals surface area contributed by atoms with Crippen LogP contribution in [-0.2, 0) is 11.2 Å². The lowest BCUT2D eigenvalue weighted by Crippen LogP contribution is -2.51. The minimum Gasteiger partial charge on any atom is -0.350 e. The highest BCUT2D eigenvalue weighted by Crippen LogP contribution is 2.09. The first-order chi connectivity index (χ1) is 9.19. The van der Waals surface area contributed by atoms with Crippen molar-refractivity contribution in [3.8, 4) is 0 Å². The van der Waals surface area contributed by atoms with Gasteiger partial charge in [-0.2, -0.15) is 0 Å². The van der Waals surface area contributed by atoms with Gasteiger partial charge >= 0.3 is 0 Å². The highest BCUT2D eigenvalue weighted by atomic mass is 19.1. The van der Waals surface area contributed by atoms with Crippen LogP contribution in [0.2, 0.25) is 0 Å². The summed E-state index contributed by atoms with van der Waals surface area (Å²) in [4.78, 5) is 12.0. The highest BCUT2D eigenvalue weighted by molar-refractivity contribution is 5.81. The SMILES string of the molecule is CC(Cc1ccccc1F)NC(C)C(=O)NC(C)(C)C. The van der Waals surface area contributed by atoms with Gasteiger partial charge in [-0.25, -0.2) is 4.39 Å². The zero-order valence-corrected chi connectivity index (χ0v) is 13.0. The van der Waals surface area contributed by atoms with Crippen LogP contribution >= 0.6 is 0 Å². The second kappa shape index (κ2) is 6.84. The maximum absolute atomic E-state index is 13.6. The summed E-state index contributed by atoms with van der Waals surface area (Å²) in [5.74, 6) is -0.245. The van der Waals surface area contributed by atoms with Crippen molar-refractivity contribution in [2.24, 2.45) is 0 Å². The smallest absolute Gasteiger partial charge is 0.237 e. The molecule has 0 aliphatic rings. The van der Waals surface area contributed by atoms with Crippen molar-refractivity contribution >= 4 is 5.91 Å². The number of hydrogen-bond acceptors (Lipinski definition) is 2. The van der Waals surface area contributed by atoms with E-state index in [0.717, 1.165) is 0 Å². The van der Waals surface area contributed by atoms with Crippen LogP contribution in [0.15, 0.2) is 24.3 Å². The Kier molecular flexibility index (Phi) is 5.69. The molecule has 2 atom stereocenters. The molecule has 2 N–H and O–H groups in total. The van der Waals surface area contributed by atoms with Crippen LogP contribution in [0, 0.1) is 5.82 Å². The molecule has 1 aromatic rings. The van der Waals surface area contributed by atoms with E-state index >= 15 is 0 Å². The number of halogens is 1. The molecule has 0 aliphatic carbocycles. The molecular weight excluding hydrogens is 255 g/mol. The second-order valence-electron chi connectivity index (χ2n) is 6.32. The predicted molar refractivity (Wildman–Crippen MR) is 80.1 cm³/mol. The molecule has 0 radical (unpaired) electrons. The predicted octanol–water partition coefficient (Wildman–Crippen LogP) is 2.65. The Morgan fingerprint density at radius 3 is 2.40 bits per heavy atom. The second-order valence-corrected chi connectivity index (χ2v) is 6.32. The third-order valence-corrected chi connectivity index (χ3v) is 2.91. The summed E-state index contributed by atoms with van der Waals surface area (Å²) in [5, 5.41) is 6.12. The van der Waals surface area contributed by atoms with Gasteiger partial charge < -0.3 is 10.6 Å². The zero-order valence-electron chi connectivity index (χ0n) is 13.0. The van der Waals surface area contributed by atoms with Gasteiger partial charge in [0.2, 0.25) is 5.91 Å². The standard InChI is InChI=1S/C16H25FN2O/c1-11(10-13-8-6-7-9-14(13)17)18-12(2)15(20)19-16(3,4)5/h6-9,11-12,18H,10H2,1-5H3,(H,19,20). The third kappa shape index (κ3) is 5.70. The average Bonchev–Trinajstić information content (AvgIpc) is 2.29. The van der Waals surface area contributed by atoms with E-state index in [9.17, 15) is 9.18 Å². The van der Waals surface area contributed by atoms with Gasteiger partial charge in [0, 0.05) is 11.6 Å². The fourth-order valence-corrected chi connectivity index (χ4v) is 2.03. The molecule has 1 aromatic carbocycles. The highest BCUT2D eigenvalue weighted by Gasteiger charge is 2.20. The van der Waals surface area contributed by atoms with E-state index in [-0.39, 0.29) is 29.3 Å². The van der Waals surface area contributed by atoms with E-state index < -0.39 is 0 Å². The van der Waals surface area contributed by atoms with Crippen molar-refractivity contribution in [3.05, 3.63) is 35.6 Å². The van der Waals surface area contributed by atoms with Gasteiger partial charge in [0.05, 0.1) is 6.04 Å². The Bertz CT molecular complexity index is 454.